The zero-order valence-electron chi connectivity index (χ0n) is 6.74. The lowest BCUT2D eigenvalue weighted by molar-refractivity contribution is 0.204. The van der Waals surface area contributed by atoms with Crippen LogP contribution in [0.2, 0.25) is 0 Å². The van der Waals surface area contributed by atoms with Gasteiger partial charge in [0.1, 0.15) is 0 Å². The number of hydrogen-bond donors (Lipinski definition) is 0. The van der Waals surface area contributed by atoms with Crippen LogP contribution in [0.25, 0.3) is 0 Å². The number of hydrogen-bond acceptors (Lipinski definition) is 4. The molecule has 0 bridgehead atoms. The second-order valence-electron chi connectivity index (χ2n) is 1.72. The first-order chi connectivity index (χ1) is 5.18. The fraction of sp³-hybridized carbons (Fsp3) is 0.667. The van der Waals surface area contributed by atoms with Gasteiger partial charge in [0.05, 0.1) is 19.1 Å². The molecule has 0 atom stereocenters. The molecule has 0 radical (unpaired) electrons. The lowest BCUT2D eigenvalue weighted by Gasteiger charge is -2.18. The van der Waals surface area contributed by atoms with E-state index in [1.54, 1.807) is 0 Å². The van der Waals surface area contributed by atoms with Gasteiger partial charge in [-0.15, -0.1) is 0 Å². The maximum atomic E-state index is 8.19. The second-order valence-corrected chi connectivity index (χ2v) is 3.93. The molecule has 0 fully saturated rings. The van der Waals surface area contributed by atoms with E-state index in [1.165, 1.54) is 14.2 Å². The van der Waals surface area contributed by atoms with E-state index in [2.05, 4.69) is 6.30 Å². The van der Waals surface area contributed by atoms with Crippen LogP contribution in [-0.2, 0) is 13.6 Å². The van der Waals surface area contributed by atoms with Gasteiger partial charge in [-0.2, -0.15) is 5.26 Å². The predicted octanol–water partition coefficient (Wildman–Crippen LogP) is 1.40. The van der Waals surface area contributed by atoms with E-state index in [0.29, 0.717) is 13.0 Å². The van der Waals surface area contributed by atoms with E-state index in [0.717, 1.165) is 0 Å². The molecular weight excluding hydrogens is 165 g/mol. The summed E-state index contributed by atoms with van der Waals surface area (Å²) < 4.78 is 14.9. The second kappa shape index (κ2) is 5.34. The van der Waals surface area contributed by atoms with E-state index in [1.807, 2.05) is 6.07 Å². The summed E-state index contributed by atoms with van der Waals surface area (Å²) in [6, 6.07) is 1.94. The smallest absolute Gasteiger partial charge is 0.250 e. The van der Waals surface area contributed by atoms with Gasteiger partial charge in [-0.25, -0.2) is 0 Å². The third-order valence-corrected chi connectivity index (χ3v) is 2.75. The standard InChI is InChI=1S/C6H12NO3P/c1-8-11(3,9-2)10-6-4-5-7/h3-4,6H2,1-2H3. The lowest BCUT2D eigenvalue weighted by Crippen LogP contribution is -1.96. The quantitative estimate of drug-likeness (QED) is 0.470. The van der Waals surface area contributed by atoms with Crippen LogP contribution in [0.1, 0.15) is 6.42 Å². The van der Waals surface area contributed by atoms with Crippen molar-refractivity contribution < 1.29 is 13.6 Å². The molecule has 64 valence electrons. The van der Waals surface area contributed by atoms with E-state index >= 15 is 0 Å². The molecule has 11 heavy (non-hydrogen) atoms. The molecule has 0 N–H and O–H groups in total. The van der Waals surface area contributed by atoms with Gasteiger partial charge >= 0.3 is 0 Å². The molecule has 0 rings (SSSR count). The Morgan fingerprint density at radius 1 is 1.45 bits per heavy atom. The van der Waals surface area contributed by atoms with Crippen LogP contribution in [-0.4, -0.2) is 27.1 Å². The van der Waals surface area contributed by atoms with Crippen molar-refractivity contribution in [2.75, 3.05) is 20.8 Å². The Bertz CT molecular complexity index is 179. The first-order valence-corrected chi connectivity index (χ1v) is 4.77. The summed E-state index contributed by atoms with van der Waals surface area (Å²) in [4.78, 5) is 0. The third kappa shape index (κ3) is 4.18. The van der Waals surface area contributed by atoms with Crippen LogP contribution in [0, 0.1) is 11.3 Å². The Morgan fingerprint density at radius 2 is 2.00 bits per heavy atom. The van der Waals surface area contributed by atoms with Crippen LogP contribution in [0.5, 0.6) is 0 Å². The fourth-order valence-electron chi connectivity index (χ4n) is 0.410. The molecule has 0 aromatic heterocycles. The molecule has 4 nitrogen and oxygen atoms in total. The molecular formula is C6H12NO3P. The van der Waals surface area contributed by atoms with Crippen LogP contribution in [0.3, 0.4) is 0 Å². The van der Waals surface area contributed by atoms with Gasteiger partial charge in [-0.3, -0.25) is 0 Å². The molecule has 0 aromatic rings. The van der Waals surface area contributed by atoms with Gasteiger partial charge in [-0.1, -0.05) is 0 Å². The van der Waals surface area contributed by atoms with Gasteiger partial charge in [0, 0.05) is 14.2 Å². The largest absolute Gasteiger partial charge is 0.321 e. The van der Waals surface area contributed by atoms with Crippen LogP contribution >= 0.6 is 7.57 Å². The Hall–Kier alpha value is -0.330. The minimum absolute atomic E-state index is 0.301. The van der Waals surface area contributed by atoms with Gasteiger partial charge in [0.15, 0.2) is 0 Å². The van der Waals surface area contributed by atoms with Crippen LogP contribution in [0.15, 0.2) is 0 Å². The summed E-state index contributed by atoms with van der Waals surface area (Å²) in [5.41, 5.74) is 0. The minimum Gasteiger partial charge on any atom is -0.321 e. The topological polar surface area (TPSA) is 51.5 Å². The first-order valence-electron chi connectivity index (χ1n) is 3.05. The van der Waals surface area contributed by atoms with E-state index < -0.39 is 7.57 Å². The number of rotatable bonds is 5. The summed E-state index contributed by atoms with van der Waals surface area (Å²) in [5.74, 6) is 0. The maximum Gasteiger partial charge on any atom is 0.250 e. The van der Waals surface area contributed by atoms with E-state index in [9.17, 15) is 0 Å². The Labute approximate surface area is 66.9 Å². The molecule has 0 aliphatic rings. The molecule has 0 saturated heterocycles. The highest BCUT2D eigenvalue weighted by Gasteiger charge is 2.11. The van der Waals surface area contributed by atoms with Crippen LogP contribution in [0.4, 0.5) is 0 Å². The van der Waals surface area contributed by atoms with Crippen molar-refractivity contribution in [2.24, 2.45) is 0 Å². The minimum atomic E-state index is -2.36. The van der Waals surface area contributed by atoms with Gasteiger partial charge in [0.2, 0.25) is 7.57 Å². The lowest BCUT2D eigenvalue weighted by atomic mass is 10.5. The summed E-state index contributed by atoms with van der Waals surface area (Å²) in [7, 11) is 0.576. The highest BCUT2D eigenvalue weighted by Crippen LogP contribution is 2.46. The highest BCUT2D eigenvalue weighted by atomic mass is 31.2. The SMILES string of the molecule is C=P(OC)(OC)OCCC#N. The average Bonchev–Trinajstić information content (AvgIpc) is 2.05. The number of nitrogens with zero attached hydrogens (tertiary/aromatic N) is 1. The van der Waals surface area contributed by atoms with Crippen molar-refractivity contribution in [3.8, 4) is 6.07 Å². The summed E-state index contributed by atoms with van der Waals surface area (Å²) in [5, 5.41) is 8.19. The molecule has 0 aromatic carbocycles. The maximum absolute atomic E-state index is 8.19. The first kappa shape index (κ1) is 10.7. The molecule has 0 spiro atoms. The Balaban J connectivity index is 3.72. The average molecular weight is 177 g/mol. The third-order valence-electron chi connectivity index (χ3n) is 1.06. The molecule has 0 aliphatic heterocycles. The zero-order chi connectivity index (χ0) is 8.74. The Kier molecular flexibility index (Phi) is 5.18. The molecule has 0 heterocycles. The van der Waals surface area contributed by atoms with Gasteiger partial charge in [0.25, 0.3) is 0 Å². The van der Waals surface area contributed by atoms with Crippen molar-refractivity contribution in [2.45, 2.75) is 6.42 Å². The van der Waals surface area contributed by atoms with Crippen molar-refractivity contribution in [1.29, 1.82) is 5.26 Å². The summed E-state index contributed by atoms with van der Waals surface area (Å²) >= 11 is 0. The van der Waals surface area contributed by atoms with Crippen molar-refractivity contribution >= 4 is 13.9 Å². The van der Waals surface area contributed by atoms with E-state index in [4.69, 9.17) is 18.8 Å². The molecule has 0 unspecified atom stereocenters. The number of nitriles is 1. The molecule has 0 aliphatic carbocycles. The summed E-state index contributed by atoms with van der Waals surface area (Å²) in [6.07, 6.45) is 3.94. The van der Waals surface area contributed by atoms with Crippen molar-refractivity contribution in [1.82, 2.24) is 0 Å². The fourth-order valence-corrected chi connectivity index (χ4v) is 1.14. The van der Waals surface area contributed by atoms with Crippen molar-refractivity contribution in [3.63, 3.8) is 0 Å². The van der Waals surface area contributed by atoms with E-state index in [-0.39, 0.29) is 0 Å². The van der Waals surface area contributed by atoms with Gasteiger partial charge < -0.3 is 13.6 Å². The predicted molar refractivity (Wildman–Crippen MR) is 44.2 cm³/mol. The molecule has 0 amide bonds. The van der Waals surface area contributed by atoms with Crippen molar-refractivity contribution in [3.05, 3.63) is 0 Å². The zero-order valence-corrected chi connectivity index (χ0v) is 7.63. The molecule has 0 saturated carbocycles. The normalized spacial score (nSPS) is 11.0. The Morgan fingerprint density at radius 3 is 2.36 bits per heavy atom. The summed E-state index contributed by atoms with van der Waals surface area (Å²) in [6.45, 7) is 0.301. The highest BCUT2D eigenvalue weighted by molar-refractivity contribution is 7.59. The van der Waals surface area contributed by atoms with Crippen LogP contribution < -0.4 is 0 Å². The molecule has 5 heteroatoms. The van der Waals surface area contributed by atoms with Gasteiger partial charge in [-0.05, 0) is 6.30 Å². The monoisotopic (exact) mass is 177 g/mol.